The van der Waals surface area contributed by atoms with Gasteiger partial charge in [-0.1, -0.05) is 11.3 Å². The van der Waals surface area contributed by atoms with Gasteiger partial charge in [0.2, 0.25) is 5.13 Å². The van der Waals surface area contributed by atoms with E-state index in [-0.39, 0.29) is 6.23 Å². The van der Waals surface area contributed by atoms with Crippen LogP contribution in [-0.4, -0.2) is 34.2 Å². The van der Waals surface area contributed by atoms with Gasteiger partial charge in [-0.15, -0.1) is 10.2 Å². The highest BCUT2D eigenvalue weighted by atomic mass is 32.1. The molecule has 0 saturated carbocycles. The van der Waals surface area contributed by atoms with Crippen molar-refractivity contribution in [1.82, 2.24) is 20.5 Å². The molecule has 1 aliphatic heterocycles. The molecule has 4 N–H and O–H groups in total. The molecule has 7 nitrogen and oxygen atoms in total. The quantitative estimate of drug-likeness (QED) is 0.678. The number of hydrogen-bond donors (Lipinski definition) is 3. The molecule has 3 aromatic rings. The Morgan fingerprint density at radius 2 is 2.25 bits per heavy atom. The van der Waals surface area contributed by atoms with Gasteiger partial charge in [-0.05, 0) is 25.1 Å². The lowest BCUT2D eigenvalue weighted by molar-refractivity contribution is 0.100. The minimum atomic E-state index is -0.217. The molecule has 0 spiro atoms. The van der Waals surface area contributed by atoms with Crippen molar-refractivity contribution < 1.29 is 4.74 Å². The van der Waals surface area contributed by atoms with Gasteiger partial charge in [-0.2, -0.15) is 0 Å². The molecule has 0 bridgehead atoms. The fourth-order valence-electron chi connectivity index (χ4n) is 2.66. The lowest BCUT2D eigenvalue weighted by Crippen LogP contribution is -2.33. The molecule has 0 aliphatic carbocycles. The highest BCUT2D eigenvalue weighted by Crippen LogP contribution is 2.31. The van der Waals surface area contributed by atoms with Crippen molar-refractivity contribution in [1.29, 1.82) is 0 Å². The number of nitrogen functional groups attached to an aromatic ring is 1. The first-order chi connectivity index (χ1) is 11.7. The molecule has 24 heavy (non-hydrogen) atoms. The summed E-state index contributed by atoms with van der Waals surface area (Å²) in [4.78, 5) is 7.57. The van der Waals surface area contributed by atoms with E-state index in [1.807, 2.05) is 25.3 Å². The largest absolute Gasteiger partial charge is 0.374 e. The monoisotopic (exact) mass is 340 g/mol. The molecule has 1 aromatic carbocycles. The summed E-state index contributed by atoms with van der Waals surface area (Å²) in [6, 6.07) is 6.11. The first-order valence-electron chi connectivity index (χ1n) is 7.57. The molecule has 3 heterocycles. The number of nitrogens with two attached hydrogens (primary N) is 1. The van der Waals surface area contributed by atoms with Gasteiger partial charge in [0.15, 0.2) is 6.23 Å². The first-order valence-corrected chi connectivity index (χ1v) is 8.38. The molecule has 1 atom stereocenters. The highest BCUT2D eigenvalue weighted by molar-refractivity contribution is 7.18. The molecule has 2 aromatic heterocycles. The topological polar surface area (TPSA) is 101 Å². The number of aliphatic imine (C=N–C) groups is 1. The number of nitrogens with zero attached hydrogens (tertiary/aromatic N) is 3. The van der Waals surface area contributed by atoms with Crippen molar-refractivity contribution >= 4 is 39.3 Å². The molecule has 1 unspecified atom stereocenters. The number of aromatic nitrogens is 3. The maximum atomic E-state index is 5.69. The third-order valence-corrected chi connectivity index (χ3v) is 4.53. The van der Waals surface area contributed by atoms with Crippen LogP contribution in [0, 0.1) is 0 Å². The zero-order valence-electron chi connectivity index (χ0n) is 13.0. The second-order valence-corrected chi connectivity index (χ2v) is 6.28. The minimum Gasteiger partial charge on any atom is -0.374 e. The summed E-state index contributed by atoms with van der Waals surface area (Å²) in [6.07, 6.45) is 5.29. The van der Waals surface area contributed by atoms with Crippen LogP contribution in [0.1, 0.15) is 12.5 Å². The van der Waals surface area contributed by atoms with Crippen LogP contribution < -0.4 is 11.1 Å². The summed E-state index contributed by atoms with van der Waals surface area (Å²) >= 11 is 1.37. The van der Waals surface area contributed by atoms with Crippen LogP contribution in [0.3, 0.4) is 0 Å². The molecule has 0 saturated heterocycles. The second-order valence-electron chi connectivity index (χ2n) is 5.27. The molecular formula is C16H16N6OS. The Labute approximate surface area is 142 Å². The number of aromatic amines is 1. The van der Waals surface area contributed by atoms with Gasteiger partial charge >= 0.3 is 0 Å². The predicted molar refractivity (Wildman–Crippen MR) is 96.6 cm³/mol. The number of ether oxygens (including phenoxy) is 1. The van der Waals surface area contributed by atoms with Crippen LogP contribution in [0.5, 0.6) is 0 Å². The molecule has 122 valence electrons. The molecule has 0 fully saturated rings. The Bertz CT molecular complexity index is 941. The van der Waals surface area contributed by atoms with Crippen LogP contribution in [0.15, 0.2) is 35.6 Å². The minimum absolute atomic E-state index is 0.217. The van der Waals surface area contributed by atoms with E-state index in [4.69, 9.17) is 10.5 Å². The van der Waals surface area contributed by atoms with Crippen molar-refractivity contribution in [2.45, 2.75) is 13.2 Å². The van der Waals surface area contributed by atoms with E-state index in [1.54, 1.807) is 12.4 Å². The van der Waals surface area contributed by atoms with Gasteiger partial charge in [0.05, 0.1) is 18.1 Å². The summed E-state index contributed by atoms with van der Waals surface area (Å²) in [5.74, 6) is 0. The number of anilines is 1. The lowest BCUT2D eigenvalue weighted by atomic mass is 10.1. The second kappa shape index (κ2) is 6.06. The van der Waals surface area contributed by atoms with E-state index < -0.39 is 0 Å². The Morgan fingerprint density at radius 3 is 3.04 bits per heavy atom. The summed E-state index contributed by atoms with van der Waals surface area (Å²) in [5.41, 5.74) is 9.66. The number of fused-ring (bicyclic) bond motifs is 1. The van der Waals surface area contributed by atoms with E-state index >= 15 is 0 Å². The Hall–Kier alpha value is -2.71. The van der Waals surface area contributed by atoms with Crippen LogP contribution in [0.25, 0.3) is 27.2 Å². The van der Waals surface area contributed by atoms with Crippen molar-refractivity contribution in [3.63, 3.8) is 0 Å². The fraction of sp³-hybridized carbons (Fsp3) is 0.188. The smallest absolute Gasteiger partial charge is 0.203 e. The van der Waals surface area contributed by atoms with E-state index in [9.17, 15) is 0 Å². The molecule has 8 heteroatoms. The van der Waals surface area contributed by atoms with E-state index in [0.717, 1.165) is 32.7 Å². The third-order valence-electron chi connectivity index (χ3n) is 3.73. The van der Waals surface area contributed by atoms with E-state index in [1.165, 1.54) is 11.3 Å². The number of nitrogens with one attached hydrogen (secondary N) is 2. The lowest BCUT2D eigenvalue weighted by Gasteiger charge is -2.20. The van der Waals surface area contributed by atoms with Crippen molar-refractivity contribution in [2.75, 3.05) is 12.3 Å². The standard InChI is InChI=1S/C16H16N6OS/c1-2-23-14-8-18-7-13(20-14)11-6-19-12-4-3-9(5-10(11)12)15-21-22-16(17)24-15/h3-8,14,19-20H,2H2,1H3,(H2,17,22). The Morgan fingerprint density at radius 1 is 1.33 bits per heavy atom. The van der Waals surface area contributed by atoms with E-state index in [2.05, 4.69) is 31.6 Å². The van der Waals surface area contributed by atoms with Crippen molar-refractivity contribution in [3.05, 3.63) is 36.2 Å². The van der Waals surface area contributed by atoms with Crippen LogP contribution in [0.2, 0.25) is 0 Å². The maximum Gasteiger partial charge on any atom is 0.203 e. The van der Waals surface area contributed by atoms with Crippen LogP contribution in [-0.2, 0) is 4.74 Å². The third kappa shape index (κ3) is 2.66. The van der Waals surface area contributed by atoms with E-state index in [0.29, 0.717) is 11.7 Å². The van der Waals surface area contributed by atoms with Crippen molar-refractivity contribution in [2.24, 2.45) is 4.99 Å². The van der Waals surface area contributed by atoms with Gasteiger partial charge in [0.25, 0.3) is 0 Å². The van der Waals surface area contributed by atoms with Crippen molar-refractivity contribution in [3.8, 4) is 10.6 Å². The molecule has 4 rings (SSSR count). The Balaban J connectivity index is 1.74. The average Bonchev–Trinajstić information content (AvgIpc) is 3.21. The summed E-state index contributed by atoms with van der Waals surface area (Å²) in [6.45, 7) is 2.58. The molecule has 0 radical (unpaired) electrons. The van der Waals surface area contributed by atoms with Crippen LogP contribution in [0.4, 0.5) is 5.13 Å². The number of benzene rings is 1. The summed E-state index contributed by atoms with van der Waals surface area (Å²) in [7, 11) is 0. The predicted octanol–water partition coefficient (Wildman–Crippen LogP) is 2.60. The van der Waals surface area contributed by atoms with Gasteiger partial charge in [0.1, 0.15) is 5.01 Å². The number of rotatable bonds is 4. The molecule has 1 aliphatic rings. The zero-order chi connectivity index (χ0) is 16.5. The number of H-pyrrole nitrogens is 1. The maximum absolute atomic E-state index is 5.69. The highest BCUT2D eigenvalue weighted by Gasteiger charge is 2.16. The van der Waals surface area contributed by atoms with Gasteiger partial charge < -0.3 is 20.8 Å². The molecular weight excluding hydrogens is 324 g/mol. The zero-order valence-corrected chi connectivity index (χ0v) is 13.8. The van der Waals surface area contributed by atoms with Gasteiger partial charge in [-0.3, -0.25) is 4.99 Å². The normalized spacial score (nSPS) is 17.0. The van der Waals surface area contributed by atoms with Crippen LogP contribution >= 0.6 is 11.3 Å². The number of hydrogen-bond acceptors (Lipinski definition) is 7. The SMILES string of the molecule is CCOC1C=NC=C(c2c[nH]c3ccc(-c4nnc(N)s4)cc23)N1. The average molecular weight is 340 g/mol. The fourth-order valence-corrected chi connectivity index (χ4v) is 3.27. The Kier molecular flexibility index (Phi) is 3.75. The summed E-state index contributed by atoms with van der Waals surface area (Å²) in [5, 5.41) is 13.7. The van der Waals surface area contributed by atoms with Gasteiger partial charge in [-0.25, -0.2) is 0 Å². The van der Waals surface area contributed by atoms with Gasteiger partial charge in [0, 0.05) is 34.8 Å². The first kappa shape index (κ1) is 14.9. The summed E-state index contributed by atoms with van der Waals surface area (Å²) < 4.78 is 5.58. The molecule has 0 amide bonds.